The van der Waals surface area contributed by atoms with Gasteiger partial charge in [0.25, 0.3) is 11.8 Å². The van der Waals surface area contributed by atoms with Gasteiger partial charge in [0, 0.05) is 23.4 Å². The predicted octanol–water partition coefficient (Wildman–Crippen LogP) is 5.10. The SMILES string of the molecule is C=CCNC(=O)c1ccc(C(=O)Nc2c(C(C)C)cccc2C(C)C)cc1. The molecule has 0 saturated carbocycles. The summed E-state index contributed by atoms with van der Waals surface area (Å²) in [7, 11) is 0. The lowest BCUT2D eigenvalue weighted by Crippen LogP contribution is -2.23. The Morgan fingerprint density at radius 3 is 1.81 bits per heavy atom. The van der Waals surface area contributed by atoms with Gasteiger partial charge in [-0.3, -0.25) is 9.59 Å². The van der Waals surface area contributed by atoms with E-state index < -0.39 is 0 Å². The van der Waals surface area contributed by atoms with Gasteiger partial charge in [-0.25, -0.2) is 0 Å². The molecule has 0 atom stereocenters. The summed E-state index contributed by atoms with van der Waals surface area (Å²) in [6.07, 6.45) is 1.62. The molecule has 27 heavy (non-hydrogen) atoms. The van der Waals surface area contributed by atoms with Crippen LogP contribution >= 0.6 is 0 Å². The van der Waals surface area contributed by atoms with E-state index in [1.807, 2.05) is 6.07 Å². The minimum Gasteiger partial charge on any atom is -0.349 e. The Kier molecular flexibility index (Phi) is 6.94. The van der Waals surface area contributed by atoms with Crippen LogP contribution in [0.4, 0.5) is 5.69 Å². The number of hydrogen-bond donors (Lipinski definition) is 2. The standard InChI is InChI=1S/C23H28N2O2/c1-6-14-24-22(26)17-10-12-18(13-11-17)23(27)25-21-19(15(2)3)8-7-9-20(21)16(4)5/h6-13,15-16H,1,14H2,2-5H3,(H,24,26)(H,25,27). The smallest absolute Gasteiger partial charge is 0.255 e. The number of hydrogen-bond acceptors (Lipinski definition) is 2. The molecule has 0 heterocycles. The molecule has 0 aromatic heterocycles. The normalized spacial score (nSPS) is 10.7. The maximum Gasteiger partial charge on any atom is 0.255 e. The van der Waals surface area contributed by atoms with Crippen molar-refractivity contribution in [2.75, 3.05) is 11.9 Å². The highest BCUT2D eigenvalue weighted by Gasteiger charge is 2.17. The third-order valence-electron chi connectivity index (χ3n) is 4.43. The Morgan fingerprint density at radius 1 is 0.889 bits per heavy atom. The van der Waals surface area contributed by atoms with E-state index in [1.54, 1.807) is 30.3 Å². The molecule has 0 bridgehead atoms. The third kappa shape index (κ3) is 5.07. The van der Waals surface area contributed by atoms with E-state index in [9.17, 15) is 9.59 Å². The Hall–Kier alpha value is -2.88. The van der Waals surface area contributed by atoms with Crippen molar-refractivity contribution >= 4 is 17.5 Å². The summed E-state index contributed by atoms with van der Waals surface area (Å²) in [5.74, 6) is 0.238. The summed E-state index contributed by atoms with van der Waals surface area (Å²) in [5.41, 5.74) is 4.16. The number of benzene rings is 2. The lowest BCUT2D eigenvalue weighted by Gasteiger charge is -2.20. The maximum atomic E-state index is 12.8. The van der Waals surface area contributed by atoms with E-state index in [1.165, 1.54) is 0 Å². The van der Waals surface area contributed by atoms with Crippen molar-refractivity contribution < 1.29 is 9.59 Å². The molecule has 142 valence electrons. The van der Waals surface area contributed by atoms with Crippen molar-refractivity contribution in [1.29, 1.82) is 0 Å². The lowest BCUT2D eigenvalue weighted by atomic mass is 9.92. The summed E-state index contributed by atoms with van der Waals surface area (Å²) in [6, 6.07) is 12.8. The molecule has 0 aliphatic heterocycles. The van der Waals surface area contributed by atoms with Gasteiger partial charge < -0.3 is 10.6 Å². The van der Waals surface area contributed by atoms with Crippen LogP contribution in [-0.2, 0) is 0 Å². The number of anilines is 1. The Balaban J connectivity index is 2.25. The quantitative estimate of drug-likeness (QED) is 0.671. The number of carbonyl (C=O) groups excluding carboxylic acids is 2. The highest BCUT2D eigenvalue weighted by atomic mass is 16.2. The molecule has 0 fully saturated rings. The molecule has 2 rings (SSSR count). The van der Waals surface area contributed by atoms with Crippen LogP contribution in [0.3, 0.4) is 0 Å². The van der Waals surface area contributed by atoms with E-state index in [0.29, 0.717) is 29.5 Å². The molecule has 2 N–H and O–H groups in total. The van der Waals surface area contributed by atoms with Crippen LogP contribution in [-0.4, -0.2) is 18.4 Å². The lowest BCUT2D eigenvalue weighted by molar-refractivity contribution is 0.0956. The highest BCUT2D eigenvalue weighted by Crippen LogP contribution is 2.32. The van der Waals surface area contributed by atoms with Crippen molar-refractivity contribution in [1.82, 2.24) is 5.32 Å². The first-order chi connectivity index (χ1) is 12.8. The molecule has 0 spiro atoms. The van der Waals surface area contributed by atoms with Crippen molar-refractivity contribution in [3.8, 4) is 0 Å². The summed E-state index contributed by atoms with van der Waals surface area (Å²) in [5, 5.41) is 5.81. The number of carbonyl (C=O) groups is 2. The van der Waals surface area contributed by atoms with E-state index in [0.717, 1.165) is 16.8 Å². The van der Waals surface area contributed by atoms with Crippen LogP contribution in [0.25, 0.3) is 0 Å². The first-order valence-electron chi connectivity index (χ1n) is 9.28. The largest absolute Gasteiger partial charge is 0.349 e. The second-order valence-electron chi connectivity index (χ2n) is 7.15. The molecule has 0 unspecified atom stereocenters. The number of para-hydroxylation sites is 1. The van der Waals surface area contributed by atoms with E-state index >= 15 is 0 Å². The van der Waals surface area contributed by atoms with E-state index in [2.05, 4.69) is 57.0 Å². The van der Waals surface area contributed by atoms with Crippen LogP contribution in [0.1, 0.15) is 71.4 Å². The minimum atomic E-state index is -0.186. The van der Waals surface area contributed by atoms with E-state index in [4.69, 9.17) is 0 Å². The van der Waals surface area contributed by atoms with Gasteiger partial charge in [0.15, 0.2) is 0 Å². The molecule has 0 aliphatic carbocycles. The van der Waals surface area contributed by atoms with Gasteiger partial charge in [-0.15, -0.1) is 6.58 Å². The number of nitrogens with one attached hydrogen (secondary N) is 2. The van der Waals surface area contributed by atoms with Crippen molar-refractivity contribution in [2.45, 2.75) is 39.5 Å². The van der Waals surface area contributed by atoms with Gasteiger partial charge in [0.1, 0.15) is 0 Å². The van der Waals surface area contributed by atoms with Gasteiger partial charge in [-0.05, 0) is 47.2 Å². The van der Waals surface area contributed by atoms with Crippen LogP contribution in [0.15, 0.2) is 55.1 Å². The second-order valence-corrected chi connectivity index (χ2v) is 7.15. The highest BCUT2D eigenvalue weighted by molar-refractivity contribution is 6.06. The minimum absolute atomic E-state index is 0.178. The average Bonchev–Trinajstić information content (AvgIpc) is 2.65. The molecular weight excluding hydrogens is 336 g/mol. The monoisotopic (exact) mass is 364 g/mol. The fourth-order valence-corrected chi connectivity index (χ4v) is 2.92. The van der Waals surface area contributed by atoms with Crippen LogP contribution in [0.2, 0.25) is 0 Å². The number of amides is 2. The molecule has 2 amide bonds. The first kappa shape index (κ1) is 20.4. The van der Waals surface area contributed by atoms with Crippen molar-refractivity contribution in [3.63, 3.8) is 0 Å². The summed E-state index contributed by atoms with van der Waals surface area (Å²) >= 11 is 0. The van der Waals surface area contributed by atoms with Gasteiger partial charge in [0.05, 0.1) is 0 Å². The van der Waals surface area contributed by atoms with Crippen LogP contribution in [0.5, 0.6) is 0 Å². The predicted molar refractivity (Wildman–Crippen MR) is 112 cm³/mol. The Labute approximate surface area is 161 Å². The van der Waals surface area contributed by atoms with Crippen LogP contribution in [0, 0.1) is 0 Å². The molecule has 2 aromatic rings. The fraction of sp³-hybridized carbons (Fsp3) is 0.304. The van der Waals surface area contributed by atoms with Crippen LogP contribution < -0.4 is 10.6 Å². The molecule has 4 nitrogen and oxygen atoms in total. The molecular formula is C23H28N2O2. The van der Waals surface area contributed by atoms with Crippen molar-refractivity contribution in [2.24, 2.45) is 0 Å². The summed E-state index contributed by atoms with van der Waals surface area (Å²) in [4.78, 5) is 24.7. The van der Waals surface area contributed by atoms with Gasteiger partial charge in [-0.2, -0.15) is 0 Å². The Morgan fingerprint density at radius 2 is 1.37 bits per heavy atom. The van der Waals surface area contributed by atoms with Gasteiger partial charge in [0.2, 0.25) is 0 Å². The maximum absolute atomic E-state index is 12.8. The van der Waals surface area contributed by atoms with Gasteiger partial charge >= 0.3 is 0 Å². The van der Waals surface area contributed by atoms with E-state index in [-0.39, 0.29) is 11.8 Å². The Bertz CT molecular complexity index is 795. The molecule has 0 saturated heterocycles. The topological polar surface area (TPSA) is 58.2 Å². The molecule has 4 heteroatoms. The second kappa shape index (κ2) is 9.17. The zero-order valence-electron chi connectivity index (χ0n) is 16.5. The molecule has 0 aliphatic rings. The zero-order chi connectivity index (χ0) is 20.0. The van der Waals surface area contributed by atoms with Crippen molar-refractivity contribution in [3.05, 3.63) is 77.4 Å². The number of rotatable bonds is 7. The summed E-state index contributed by atoms with van der Waals surface area (Å²) < 4.78 is 0. The average molecular weight is 364 g/mol. The fourth-order valence-electron chi connectivity index (χ4n) is 2.92. The first-order valence-corrected chi connectivity index (χ1v) is 9.28. The zero-order valence-corrected chi connectivity index (χ0v) is 16.5. The molecule has 0 radical (unpaired) electrons. The molecule has 2 aromatic carbocycles. The van der Waals surface area contributed by atoms with Gasteiger partial charge in [-0.1, -0.05) is 52.0 Å². The summed E-state index contributed by atoms with van der Waals surface area (Å²) in [6.45, 7) is 12.4. The third-order valence-corrected chi connectivity index (χ3v) is 4.43.